The first kappa shape index (κ1) is 13.4. The van der Waals surface area contributed by atoms with Gasteiger partial charge in [0.25, 0.3) is 0 Å². The predicted molar refractivity (Wildman–Crippen MR) is 64.8 cm³/mol. The first-order valence-corrected chi connectivity index (χ1v) is 5.40. The van der Waals surface area contributed by atoms with E-state index in [1.807, 2.05) is 13.8 Å². The van der Waals surface area contributed by atoms with E-state index in [1.165, 1.54) is 7.11 Å². The Bertz CT molecular complexity index is 406. The summed E-state index contributed by atoms with van der Waals surface area (Å²) in [5, 5.41) is 2.57. The molecule has 0 aliphatic heterocycles. The number of aromatic nitrogens is 2. The quantitative estimate of drug-likeness (QED) is 0.806. The molecule has 3 N–H and O–H groups in total. The fourth-order valence-electron chi connectivity index (χ4n) is 1.20. The number of rotatable bonds is 4. The maximum atomic E-state index is 11.7. The molecule has 1 atom stereocenters. The molecule has 1 rings (SSSR count). The Morgan fingerprint density at radius 2 is 2.12 bits per heavy atom. The van der Waals surface area contributed by atoms with Gasteiger partial charge in [-0.2, -0.15) is 4.98 Å². The number of amides is 1. The van der Waals surface area contributed by atoms with E-state index in [2.05, 4.69) is 15.3 Å². The lowest BCUT2D eigenvalue weighted by Gasteiger charge is -2.14. The summed E-state index contributed by atoms with van der Waals surface area (Å²) in [5.74, 6) is 0.378. The Labute approximate surface area is 101 Å². The fraction of sp³-hybridized carbons (Fsp3) is 0.545. The molecule has 0 aromatic carbocycles. The molecule has 1 aromatic rings. The van der Waals surface area contributed by atoms with Gasteiger partial charge in [0.2, 0.25) is 17.7 Å². The highest BCUT2D eigenvalue weighted by atomic mass is 16.5. The van der Waals surface area contributed by atoms with E-state index < -0.39 is 6.04 Å². The van der Waals surface area contributed by atoms with Gasteiger partial charge in [0.1, 0.15) is 0 Å². The molecule has 0 fully saturated rings. The molecular weight excluding hydrogens is 220 g/mol. The van der Waals surface area contributed by atoms with Crippen LogP contribution >= 0.6 is 0 Å². The minimum Gasteiger partial charge on any atom is -0.481 e. The normalized spacial score (nSPS) is 12.4. The third kappa shape index (κ3) is 3.67. The zero-order valence-electron chi connectivity index (χ0n) is 10.5. The van der Waals surface area contributed by atoms with Crippen molar-refractivity contribution in [3.63, 3.8) is 0 Å². The van der Waals surface area contributed by atoms with E-state index in [-0.39, 0.29) is 17.8 Å². The average molecular weight is 238 g/mol. The van der Waals surface area contributed by atoms with E-state index in [1.54, 1.807) is 13.0 Å². The van der Waals surface area contributed by atoms with Crippen LogP contribution in [0.3, 0.4) is 0 Å². The van der Waals surface area contributed by atoms with E-state index in [0.29, 0.717) is 11.6 Å². The molecule has 1 heterocycles. The van der Waals surface area contributed by atoms with Crippen molar-refractivity contribution in [1.29, 1.82) is 0 Å². The number of nitrogens with zero attached hydrogens (tertiary/aromatic N) is 2. The van der Waals surface area contributed by atoms with Crippen molar-refractivity contribution in [2.45, 2.75) is 26.8 Å². The zero-order valence-corrected chi connectivity index (χ0v) is 10.5. The van der Waals surface area contributed by atoms with Crippen LogP contribution in [0.1, 0.15) is 19.5 Å². The average Bonchev–Trinajstić information content (AvgIpc) is 2.26. The number of hydrogen-bond acceptors (Lipinski definition) is 5. The van der Waals surface area contributed by atoms with Crippen molar-refractivity contribution >= 4 is 11.9 Å². The molecule has 17 heavy (non-hydrogen) atoms. The van der Waals surface area contributed by atoms with Crippen LogP contribution in [0.25, 0.3) is 0 Å². The summed E-state index contributed by atoms with van der Waals surface area (Å²) in [6.07, 6.45) is 0. The van der Waals surface area contributed by atoms with Gasteiger partial charge in [0, 0.05) is 11.8 Å². The van der Waals surface area contributed by atoms with Gasteiger partial charge >= 0.3 is 0 Å². The third-order valence-electron chi connectivity index (χ3n) is 2.30. The van der Waals surface area contributed by atoms with Crippen molar-refractivity contribution in [3.8, 4) is 5.88 Å². The molecule has 94 valence electrons. The minimum atomic E-state index is -0.579. The lowest BCUT2D eigenvalue weighted by atomic mass is 10.1. The molecule has 6 nitrogen and oxygen atoms in total. The van der Waals surface area contributed by atoms with Crippen LogP contribution in [0.4, 0.5) is 5.95 Å². The summed E-state index contributed by atoms with van der Waals surface area (Å²) in [6.45, 7) is 5.55. The SMILES string of the molecule is COc1cc(C)nc(NC(=O)[C@H](N)C(C)C)n1. The molecular formula is C11H18N4O2. The Hall–Kier alpha value is -1.69. The van der Waals surface area contributed by atoms with Crippen LogP contribution in [-0.4, -0.2) is 29.0 Å². The molecule has 0 bridgehead atoms. The van der Waals surface area contributed by atoms with Gasteiger partial charge in [-0.15, -0.1) is 0 Å². The number of ether oxygens (including phenoxy) is 1. The first-order chi connectivity index (χ1) is 7.93. The van der Waals surface area contributed by atoms with Crippen LogP contribution in [0.5, 0.6) is 5.88 Å². The van der Waals surface area contributed by atoms with Gasteiger partial charge < -0.3 is 10.5 Å². The summed E-state index contributed by atoms with van der Waals surface area (Å²) < 4.78 is 4.99. The van der Waals surface area contributed by atoms with Crippen LogP contribution in [0, 0.1) is 12.8 Å². The number of nitrogens with two attached hydrogens (primary N) is 1. The van der Waals surface area contributed by atoms with Crippen molar-refractivity contribution in [2.75, 3.05) is 12.4 Å². The lowest BCUT2D eigenvalue weighted by molar-refractivity contribution is -0.118. The van der Waals surface area contributed by atoms with Gasteiger partial charge in [-0.3, -0.25) is 10.1 Å². The molecule has 0 spiro atoms. The summed E-state index contributed by atoms with van der Waals surface area (Å²) in [6, 6.07) is 1.10. The number of carbonyl (C=O) groups excluding carboxylic acids is 1. The molecule has 0 saturated carbocycles. The Balaban J connectivity index is 2.81. The van der Waals surface area contributed by atoms with E-state index in [4.69, 9.17) is 10.5 Å². The second kappa shape index (κ2) is 5.58. The number of anilines is 1. The number of aryl methyl sites for hydroxylation is 1. The van der Waals surface area contributed by atoms with E-state index in [9.17, 15) is 4.79 Å². The molecule has 6 heteroatoms. The number of nitrogens with one attached hydrogen (secondary N) is 1. The monoisotopic (exact) mass is 238 g/mol. The summed E-state index contributed by atoms with van der Waals surface area (Å²) in [5.41, 5.74) is 6.43. The highest BCUT2D eigenvalue weighted by Gasteiger charge is 2.18. The van der Waals surface area contributed by atoms with E-state index >= 15 is 0 Å². The van der Waals surface area contributed by atoms with Crippen molar-refractivity contribution in [3.05, 3.63) is 11.8 Å². The molecule has 0 aliphatic carbocycles. The van der Waals surface area contributed by atoms with Crippen molar-refractivity contribution in [2.24, 2.45) is 11.7 Å². The lowest BCUT2D eigenvalue weighted by Crippen LogP contribution is -2.40. The van der Waals surface area contributed by atoms with Gasteiger partial charge in [0.15, 0.2) is 0 Å². The number of carbonyl (C=O) groups is 1. The topological polar surface area (TPSA) is 90.1 Å². The Kier molecular flexibility index (Phi) is 4.39. The molecule has 1 amide bonds. The number of hydrogen-bond donors (Lipinski definition) is 2. The smallest absolute Gasteiger partial charge is 0.243 e. The standard InChI is InChI=1S/C11H18N4O2/c1-6(2)9(12)10(16)15-11-13-7(3)5-8(14-11)17-4/h5-6,9H,12H2,1-4H3,(H,13,14,15,16)/t9-/m1/s1. The highest BCUT2D eigenvalue weighted by Crippen LogP contribution is 2.11. The highest BCUT2D eigenvalue weighted by molar-refractivity contribution is 5.93. The summed E-state index contributed by atoms with van der Waals surface area (Å²) >= 11 is 0. The maximum Gasteiger partial charge on any atom is 0.243 e. The predicted octanol–water partition coefficient (Wildman–Crippen LogP) is 0.715. The van der Waals surface area contributed by atoms with Crippen molar-refractivity contribution < 1.29 is 9.53 Å². The second-order valence-electron chi connectivity index (χ2n) is 4.13. The van der Waals surface area contributed by atoms with Crippen LogP contribution < -0.4 is 15.8 Å². The summed E-state index contributed by atoms with van der Waals surface area (Å²) in [7, 11) is 1.51. The molecule has 0 unspecified atom stereocenters. The van der Waals surface area contributed by atoms with Crippen molar-refractivity contribution in [1.82, 2.24) is 9.97 Å². The zero-order chi connectivity index (χ0) is 13.0. The van der Waals surface area contributed by atoms with Crippen LogP contribution in [-0.2, 0) is 4.79 Å². The second-order valence-corrected chi connectivity index (χ2v) is 4.13. The van der Waals surface area contributed by atoms with Gasteiger partial charge in [-0.1, -0.05) is 13.8 Å². The van der Waals surface area contributed by atoms with Gasteiger partial charge in [-0.25, -0.2) is 4.98 Å². The van der Waals surface area contributed by atoms with Gasteiger partial charge in [0.05, 0.1) is 13.2 Å². The first-order valence-electron chi connectivity index (χ1n) is 5.40. The third-order valence-corrected chi connectivity index (χ3v) is 2.30. The molecule has 0 saturated heterocycles. The minimum absolute atomic E-state index is 0.0571. The largest absolute Gasteiger partial charge is 0.481 e. The fourth-order valence-corrected chi connectivity index (χ4v) is 1.20. The van der Waals surface area contributed by atoms with Crippen LogP contribution in [0.15, 0.2) is 6.07 Å². The maximum absolute atomic E-state index is 11.7. The molecule has 1 aromatic heterocycles. The summed E-state index contributed by atoms with van der Waals surface area (Å²) in [4.78, 5) is 19.8. The van der Waals surface area contributed by atoms with E-state index in [0.717, 1.165) is 0 Å². The number of methoxy groups -OCH3 is 1. The Morgan fingerprint density at radius 3 is 2.65 bits per heavy atom. The molecule has 0 aliphatic rings. The van der Waals surface area contributed by atoms with Crippen LogP contribution in [0.2, 0.25) is 0 Å². The molecule has 0 radical (unpaired) electrons. The van der Waals surface area contributed by atoms with Gasteiger partial charge in [-0.05, 0) is 12.8 Å². The Morgan fingerprint density at radius 1 is 1.47 bits per heavy atom.